The van der Waals surface area contributed by atoms with E-state index in [1.807, 2.05) is 24.4 Å². The Balaban J connectivity index is 1.93. The summed E-state index contributed by atoms with van der Waals surface area (Å²) in [5.74, 6) is 0.785. The van der Waals surface area contributed by atoms with Crippen molar-refractivity contribution in [1.29, 1.82) is 0 Å². The second-order valence-electron chi connectivity index (χ2n) is 3.99. The molecule has 3 rings (SSSR count). The maximum atomic E-state index is 5.92. The zero-order chi connectivity index (χ0) is 12.4. The first-order valence-corrected chi connectivity index (χ1v) is 6.80. The molecule has 18 heavy (non-hydrogen) atoms. The molecule has 1 aromatic heterocycles. The summed E-state index contributed by atoms with van der Waals surface area (Å²) < 4.78 is 5.92. The summed E-state index contributed by atoms with van der Waals surface area (Å²) in [5.41, 5.74) is 2.91. The van der Waals surface area contributed by atoms with Crippen molar-refractivity contribution in [2.45, 2.75) is 19.6 Å². The zero-order valence-electron chi connectivity index (χ0n) is 10.0. The van der Waals surface area contributed by atoms with Crippen LogP contribution in [0.15, 0.2) is 42.0 Å². The molecule has 0 spiro atoms. The smallest absolute Gasteiger partial charge is 0.176 e. The first kappa shape index (κ1) is 11.3. The molecule has 3 nitrogen and oxygen atoms in total. The third-order valence-corrected chi connectivity index (χ3v) is 3.58. The Bertz CT molecular complexity index is 536. The predicted molar refractivity (Wildman–Crippen MR) is 72.8 cm³/mol. The lowest BCUT2D eigenvalue weighted by Gasteiger charge is -2.22. The van der Waals surface area contributed by atoms with Gasteiger partial charge in [0.1, 0.15) is 6.20 Å². The SMILES string of the molecule is CCC1OC(c2cncs2)=[C]N1c1ccccc1. The van der Waals surface area contributed by atoms with Gasteiger partial charge >= 0.3 is 0 Å². The Morgan fingerprint density at radius 3 is 2.89 bits per heavy atom. The number of hydrogen-bond donors (Lipinski definition) is 0. The maximum absolute atomic E-state index is 5.92. The monoisotopic (exact) mass is 257 g/mol. The number of thiazole rings is 1. The van der Waals surface area contributed by atoms with E-state index in [0.29, 0.717) is 0 Å². The molecule has 1 aliphatic heterocycles. The fourth-order valence-electron chi connectivity index (χ4n) is 1.92. The van der Waals surface area contributed by atoms with E-state index in [1.165, 1.54) is 0 Å². The Morgan fingerprint density at radius 1 is 1.39 bits per heavy atom. The molecule has 0 aliphatic carbocycles. The van der Waals surface area contributed by atoms with Crippen LogP contribution >= 0.6 is 11.3 Å². The number of rotatable bonds is 3. The standard InChI is InChI=1S/C14H13N2OS/c1-2-14-16(11-6-4-3-5-7-11)9-12(17-14)13-8-15-10-18-13/h3-8,10,14H,2H2,1H3. The molecule has 1 unspecified atom stereocenters. The third-order valence-electron chi connectivity index (χ3n) is 2.80. The topological polar surface area (TPSA) is 25.4 Å². The average Bonchev–Trinajstić information content (AvgIpc) is 3.08. The second kappa shape index (κ2) is 4.82. The molecule has 2 heterocycles. The number of benzene rings is 1. The van der Waals surface area contributed by atoms with Crippen molar-refractivity contribution in [1.82, 2.24) is 4.98 Å². The summed E-state index contributed by atoms with van der Waals surface area (Å²) in [6, 6.07) is 10.2. The lowest BCUT2D eigenvalue weighted by Crippen LogP contribution is -2.27. The number of ether oxygens (including phenoxy) is 1. The van der Waals surface area contributed by atoms with Gasteiger partial charge in [-0.25, -0.2) is 0 Å². The Morgan fingerprint density at radius 2 is 2.22 bits per heavy atom. The summed E-state index contributed by atoms with van der Waals surface area (Å²) in [6.45, 7) is 2.11. The molecular weight excluding hydrogens is 244 g/mol. The lowest BCUT2D eigenvalue weighted by atomic mass is 10.2. The number of aromatic nitrogens is 1. The molecule has 0 saturated heterocycles. The van der Waals surface area contributed by atoms with Gasteiger partial charge < -0.3 is 9.64 Å². The van der Waals surface area contributed by atoms with E-state index in [1.54, 1.807) is 16.8 Å². The highest BCUT2D eigenvalue weighted by Crippen LogP contribution is 2.32. The van der Waals surface area contributed by atoms with Crippen LogP contribution in [0.3, 0.4) is 0 Å². The molecule has 1 radical (unpaired) electrons. The largest absolute Gasteiger partial charge is 0.466 e. The van der Waals surface area contributed by atoms with Crippen LogP contribution in [0.4, 0.5) is 5.69 Å². The number of hydrogen-bond acceptors (Lipinski definition) is 4. The van der Waals surface area contributed by atoms with Crippen LogP contribution in [0.5, 0.6) is 0 Å². The van der Waals surface area contributed by atoms with Crippen molar-refractivity contribution >= 4 is 22.8 Å². The zero-order valence-corrected chi connectivity index (χ0v) is 10.9. The summed E-state index contributed by atoms with van der Waals surface area (Å²) >= 11 is 1.57. The fraction of sp³-hybridized carbons (Fsp3) is 0.214. The average molecular weight is 257 g/mol. The fourth-order valence-corrected chi connectivity index (χ4v) is 2.48. The van der Waals surface area contributed by atoms with E-state index in [4.69, 9.17) is 4.74 Å². The molecule has 0 saturated carbocycles. The van der Waals surface area contributed by atoms with Crippen LogP contribution in [0.25, 0.3) is 5.76 Å². The Labute approximate surface area is 110 Å². The van der Waals surface area contributed by atoms with Gasteiger partial charge in [-0.15, -0.1) is 11.3 Å². The Hall–Kier alpha value is -1.81. The summed E-state index contributed by atoms with van der Waals surface area (Å²) in [4.78, 5) is 7.15. The minimum Gasteiger partial charge on any atom is -0.466 e. The van der Waals surface area contributed by atoms with Gasteiger partial charge in [0, 0.05) is 18.3 Å². The molecule has 0 bridgehead atoms. The van der Waals surface area contributed by atoms with Crippen LogP contribution in [-0.2, 0) is 4.74 Å². The second-order valence-corrected chi connectivity index (χ2v) is 4.88. The quantitative estimate of drug-likeness (QED) is 0.841. The maximum Gasteiger partial charge on any atom is 0.176 e. The van der Waals surface area contributed by atoms with E-state index in [9.17, 15) is 0 Å². The van der Waals surface area contributed by atoms with Gasteiger partial charge in [0.15, 0.2) is 12.0 Å². The van der Waals surface area contributed by atoms with Crippen molar-refractivity contribution < 1.29 is 4.74 Å². The minimum absolute atomic E-state index is 0.0181. The molecule has 1 aromatic carbocycles. The molecule has 1 atom stereocenters. The minimum atomic E-state index is 0.0181. The molecule has 4 heteroatoms. The van der Waals surface area contributed by atoms with Gasteiger partial charge in [-0.1, -0.05) is 25.1 Å². The highest BCUT2D eigenvalue weighted by atomic mass is 32.1. The van der Waals surface area contributed by atoms with E-state index >= 15 is 0 Å². The van der Waals surface area contributed by atoms with Gasteiger partial charge in [0.25, 0.3) is 0 Å². The molecule has 2 aromatic rings. The van der Waals surface area contributed by atoms with Crippen molar-refractivity contribution in [3.8, 4) is 0 Å². The van der Waals surface area contributed by atoms with Crippen LogP contribution in [0, 0.1) is 6.20 Å². The van der Waals surface area contributed by atoms with Gasteiger partial charge in [0.05, 0.1) is 10.4 Å². The van der Waals surface area contributed by atoms with Crippen LogP contribution in [-0.4, -0.2) is 11.2 Å². The molecule has 91 valence electrons. The van der Waals surface area contributed by atoms with Crippen LogP contribution < -0.4 is 4.90 Å². The van der Waals surface area contributed by atoms with E-state index in [2.05, 4.69) is 35.1 Å². The van der Waals surface area contributed by atoms with E-state index in [-0.39, 0.29) is 6.23 Å². The summed E-state index contributed by atoms with van der Waals surface area (Å²) in [7, 11) is 0. The Kier molecular flexibility index (Phi) is 3.02. The molecular formula is C14H13N2OS. The highest BCUT2D eigenvalue weighted by Gasteiger charge is 2.27. The number of nitrogens with zero attached hydrogens (tertiary/aromatic N) is 2. The molecule has 1 aliphatic rings. The van der Waals surface area contributed by atoms with E-state index in [0.717, 1.165) is 22.7 Å². The number of para-hydroxylation sites is 1. The lowest BCUT2D eigenvalue weighted by molar-refractivity contribution is 0.188. The number of anilines is 1. The van der Waals surface area contributed by atoms with Crippen molar-refractivity contribution in [3.05, 3.63) is 53.1 Å². The molecule has 0 amide bonds. The first-order chi connectivity index (χ1) is 8.88. The van der Waals surface area contributed by atoms with Gasteiger partial charge in [-0.2, -0.15) is 0 Å². The van der Waals surface area contributed by atoms with E-state index < -0.39 is 0 Å². The highest BCUT2D eigenvalue weighted by molar-refractivity contribution is 7.10. The predicted octanol–water partition coefficient (Wildman–Crippen LogP) is 3.52. The van der Waals surface area contributed by atoms with Crippen LogP contribution in [0.1, 0.15) is 18.2 Å². The van der Waals surface area contributed by atoms with Crippen molar-refractivity contribution in [2.24, 2.45) is 0 Å². The van der Waals surface area contributed by atoms with Crippen molar-refractivity contribution in [3.63, 3.8) is 0 Å². The summed E-state index contributed by atoms with van der Waals surface area (Å²) in [6.07, 6.45) is 6.05. The first-order valence-electron chi connectivity index (χ1n) is 5.92. The van der Waals surface area contributed by atoms with Gasteiger partial charge in [0.2, 0.25) is 0 Å². The normalized spacial score (nSPS) is 18.6. The van der Waals surface area contributed by atoms with Crippen molar-refractivity contribution in [2.75, 3.05) is 4.90 Å². The summed E-state index contributed by atoms with van der Waals surface area (Å²) in [5, 5.41) is 0. The van der Waals surface area contributed by atoms with Gasteiger partial charge in [-0.3, -0.25) is 4.98 Å². The van der Waals surface area contributed by atoms with Crippen LogP contribution in [0.2, 0.25) is 0 Å². The third kappa shape index (κ3) is 1.99. The van der Waals surface area contributed by atoms with Gasteiger partial charge in [-0.05, 0) is 12.1 Å². The molecule has 0 N–H and O–H groups in total. The molecule has 0 fully saturated rings.